The Morgan fingerprint density at radius 3 is 2.36 bits per heavy atom. The Hall–Kier alpha value is -1.07. The fourth-order valence-electron chi connectivity index (χ4n) is 0.770. The Morgan fingerprint density at radius 1 is 1.43 bits per heavy atom. The summed E-state index contributed by atoms with van der Waals surface area (Å²) in [4.78, 5) is 3.78. The first kappa shape index (κ1) is 12.9. The third-order valence-electron chi connectivity index (χ3n) is 1.27. The number of nitrogens with zero attached hydrogens (tertiary/aromatic N) is 1. The van der Waals surface area contributed by atoms with Crippen LogP contribution in [0.15, 0.2) is 18.3 Å². The van der Waals surface area contributed by atoms with Crippen LogP contribution in [0.25, 0.3) is 0 Å². The molecule has 0 atom stereocenters. The number of hydrogen-bond acceptors (Lipinski definition) is 4. The van der Waals surface area contributed by atoms with Crippen LogP contribution in [0.1, 0.15) is 20.3 Å². The van der Waals surface area contributed by atoms with Crippen LogP contribution in [-0.4, -0.2) is 29.3 Å². The molecule has 0 bridgehead atoms. The van der Waals surface area contributed by atoms with Crippen molar-refractivity contribution in [2.45, 2.75) is 20.3 Å². The van der Waals surface area contributed by atoms with Crippen LogP contribution in [-0.2, 0) is 0 Å². The molecule has 78 valence electrons. The van der Waals surface area contributed by atoms with Crippen LogP contribution >= 0.6 is 0 Å². The molecule has 14 heavy (non-hydrogen) atoms. The number of methoxy groups -OCH3 is 1. The second kappa shape index (κ2) is 7.35. The summed E-state index contributed by atoms with van der Waals surface area (Å²) in [5.74, 6) is 0.238. The summed E-state index contributed by atoms with van der Waals surface area (Å²) >= 11 is 0. The van der Waals surface area contributed by atoms with Crippen LogP contribution in [0.3, 0.4) is 0 Å². The SMILES string of the molecule is CCC.COc1ncccc1B(O)O. The molecule has 1 aromatic heterocycles. The molecule has 0 saturated heterocycles. The Bertz CT molecular complexity index is 256. The lowest BCUT2D eigenvalue weighted by atomic mass is 9.81. The highest BCUT2D eigenvalue weighted by atomic mass is 16.5. The van der Waals surface area contributed by atoms with Gasteiger partial charge in [0.15, 0.2) is 0 Å². The first-order valence-electron chi connectivity index (χ1n) is 4.52. The van der Waals surface area contributed by atoms with E-state index in [0.29, 0.717) is 0 Å². The summed E-state index contributed by atoms with van der Waals surface area (Å²) in [7, 11) is -0.104. The van der Waals surface area contributed by atoms with Gasteiger partial charge in [0.05, 0.1) is 7.11 Å². The summed E-state index contributed by atoms with van der Waals surface area (Å²) in [5, 5.41) is 17.5. The minimum atomic E-state index is -1.53. The van der Waals surface area contributed by atoms with E-state index in [0.717, 1.165) is 0 Å². The van der Waals surface area contributed by atoms with Crippen molar-refractivity contribution in [3.63, 3.8) is 0 Å². The van der Waals surface area contributed by atoms with Crippen molar-refractivity contribution in [1.82, 2.24) is 4.98 Å². The molecule has 0 fully saturated rings. The predicted octanol–water partition coefficient (Wildman–Crippen LogP) is 0.186. The van der Waals surface area contributed by atoms with Gasteiger partial charge in [0.25, 0.3) is 0 Å². The maximum absolute atomic E-state index is 8.77. The zero-order valence-corrected chi connectivity index (χ0v) is 8.77. The van der Waals surface area contributed by atoms with Crippen molar-refractivity contribution in [3.05, 3.63) is 18.3 Å². The molecule has 0 amide bonds. The number of pyridine rings is 1. The third kappa shape index (κ3) is 4.25. The van der Waals surface area contributed by atoms with E-state index in [9.17, 15) is 0 Å². The van der Waals surface area contributed by atoms with Gasteiger partial charge in [-0.15, -0.1) is 0 Å². The van der Waals surface area contributed by atoms with E-state index in [-0.39, 0.29) is 11.3 Å². The van der Waals surface area contributed by atoms with E-state index in [4.69, 9.17) is 14.8 Å². The molecular weight excluding hydrogens is 181 g/mol. The van der Waals surface area contributed by atoms with Gasteiger partial charge in [-0.1, -0.05) is 26.3 Å². The minimum absolute atomic E-state index is 0.238. The molecule has 0 aliphatic rings. The molecule has 0 unspecified atom stereocenters. The largest absolute Gasteiger partial charge is 0.493 e. The second-order valence-corrected chi connectivity index (χ2v) is 2.68. The average Bonchev–Trinajstić information content (AvgIpc) is 2.19. The molecule has 0 radical (unpaired) electrons. The standard InChI is InChI=1S/C6H8BNO3.C3H8/c1-11-6-5(7(9)10)3-2-4-8-6;1-3-2/h2-4,9-10H,1H3;3H2,1-2H3. The zero-order valence-electron chi connectivity index (χ0n) is 8.77. The van der Waals surface area contributed by atoms with Crippen LogP contribution in [0.5, 0.6) is 5.88 Å². The van der Waals surface area contributed by atoms with Gasteiger partial charge in [0.2, 0.25) is 5.88 Å². The highest BCUT2D eigenvalue weighted by Gasteiger charge is 2.16. The molecule has 1 heterocycles. The Kier molecular flexibility index (Phi) is 6.79. The highest BCUT2D eigenvalue weighted by Crippen LogP contribution is 1.99. The molecule has 1 aromatic rings. The van der Waals surface area contributed by atoms with E-state index in [1.807, 2.05) is 0 Å². The third-order valence-corrected chi connectivity index (χ3v) is 1.27. The van der Waals surface area contributed by atoms with Crippen molar-refractivity contribution < 1.29 is 14.8 Å². The second-order valence-electron chi connectivity index (χ2n) is 2.68. The summed E-state index contributed by atoms with van der Waals surface area (Å²) in [6.45, 7) is 4.25. The van der Waals surface area contributed by atoms with Gasteiger partial charge in [-0.05, 0) is 6.07 Å². The molecule has 0 saturated carbocycles. The number of hydrogen-bond donors (Lipinski definition) is 2. The molecule has 2 N–H and O–H groups in total. The van der Waals surface area contributed by atoms with Crippen molar-refractivity contribution >= 4 is 12.6 Å². The summed E-state index contributed by atoms with van der Waals surface area (Å²) in [5.41, 5.74) is 0.273. The van der Waals surface area contributed by atoms with Gasteiger partial charge in [-0.2, -0.15) is 0 Å². The Balaban J connectivity index is 0.000000500. The molecule has 0 aromatic carbocycles. The quantitative estimate of drug-likeness (QED) is 0.664. The average molecular weight is 197 g/mol. The van der Waals surface area contributed by atoms with Gasteiger partial charge >= 0.3 is 7.12 Å². The zero-order chi connectivity index (χ0) is 11.0. The van der Waals surface area contributed by atoms with Crippen LogP contribution < -0.4 is 10.2 Å². The van der Waals surface area contributed by atoms with Crippen molar-refractivity contribution in [2.75, 3.05) is 7.11 Å². The first-order chi connectivity index (χ1) is 6.67. The Morgan fingerprint density at radius 2 is 2.00 bits per heavy atom. The van der Waals surface area contributed by atoms with Crippen LogP contribution in [0, 0.1) is 0 Å². The molecule has 0 aliphatic heterocycles. The maximum Gasteiger partial charge on any atom is 0.493 e. The smallest absolute Gasteiger partial charge is 0.481 e. The molecule has 5 heteroatoms. The van der Waals surface area contributed by atoms with Gasteiger partial charge in [-0.25, -0.2) is 4.98 Å². The number of ether oxygens (including phenoxy) is 1. The van der Waals surface area contributed by atoms with Crippen molar-refractivity contribution in [3.8, 4) is 5.88 Å². The summed E-state index contributed by atoms with van der Waals surface area (Å²) < 4.78 is 4.78. The predicted molar refractivity (Wildman–Crippen MR) is 56.6 cm³/mol. The summed E-state index contributed by atoms with van der Waals surface area (Å²) in [6.07, 6.45) is 2.77. The van der Waals surface area contributed by atoms with E-state index >= 15 is 0 Å². The van der Waals surface area contributed by atoms with Crippen LogP contribution in [0.2, 0.25) is 0 Å². The Labute approximate surface area is 84.7 Å². The van der Waals surface area contributed by atoms with Crippen molar-refractivity contribution in [2.24, 2.45) is 0 Å². The highest BCUT2D eigenvalue weighted by molar-refractivity contribution is 6.59. The monoisotopic (exact) mass is 197 g/mol. The lowest BCUT2D eigenvalue weighted by Crippen LogP contribution is -2.31. The summed E-state index contributed by atoms with van der Waals surface area (Å²) in [6, 6.07) is 3.15. The number of aromatic nitrogens is 1. The lowest BCUT2D eigenvalue weighted by Gasteiger charge is -2.03. The fourth-order valence-corrected chi connectivity index (χ4v) is 0.770. The van der Waals surface area contributed by atoms with Gasteiger partial charge < -0.3 is 14.8 Å². The van der Waals surface area contributed by atoms with E-state index in [1.54, 1.807) is 6.07 Å². The fraction of sp³-hybridized carbons (Fsp3) is 0.444. The van der Waals surface area contributed by atoms with Crippen molar-refractivity contribution in [1.29, 1.82) is 0 Å². The van der Waals surface area contributed by atoms with Gasteiger partial charge in [0, 0.05) is 11.7 Å². The van der Waals surface area contributed by atoms with Gasteiger partial charge in [-0.3, -0.25) is 0 Å². The van der Waals surface area contributed by atoms with E-state index in [2.05, 4.69) is 18.8 Å². The number of rotatable bonds is 2. The topological polar surface area (TPSA) is 62.6 Å². The van der Waals surface area contributed by atoms with E-state index < -0.39 is 7.12 Å². The molecule has 4 nitrogen and oxygen atoms in total. The molecule has 1 rings (SSSR count). The minimum Gasteiger partial charge on any atom is -0.481 e. The van der Waals surface area contributed by atoms with E-state index in [1.165, 1.54) is 25.8 Å². The molecular formula is C9H16BNO3. The normalized spacial score (nSPS) is 8.64. The van der Waals surface area contributed by atoms with Gasteiger partial charge in [0.1, 0.15) is 0 Å². The first-order valence-corrected chi connectivity index (χ1v) is 4.52. The maximum atomic E-state index is 8.77. The molecule has 0 aliphatic carbocycles. The molecule has 0 spiro atoms. The lowest BCUT2D eigenvalue weighted by molar-refractivity contribution is 0.391. The van der Waals surface area contributed by atoms with Crippen LogP contribution in [0.4, 0.5) is 0 Å².